The molecule has 0 aromatic heterocycles. The number of ketones is 1. The number of cyclic esters (lactones) is 1. The molecule has 1 aliphatic heterocycles. The van der Waals surface area contributed by atoms with Crippen LogP contribution in [0.1, 0.15) is 48.0 Å². The smallest absolute Gasteiger partial charge is 0.472 e. The Bertz CT molecular complexity index is 1150. The summed E-state index contributed by atoms with van der Waals surface area (Å²) in [5, 5.41) is 29.0. The van der Waals surface area contributed by atoms with Crippen molar-refractivity contribution in [2.75, 3.05) is 6.61 Å². The molecular weight excluding hydrogens is 503 g/mol. The van der Waals surface area contributed by atoms with Crippen molar-refractivity contribution in [2.45, 2.75) is 66.3 Å². The summed E-state index contributed by atoms with van der Waals surface area (Å²) in [5.74, 6) is -3.72. The maximum Gasteiger partial charge on any atom is 0.472 e. The highest BCUT2D eigenvalue weighted by molar-refractivity contribution is 7.47. The number of aliphatic hydroxyl groups is 3. The minimum atomic E-state index is -4.84. The van der Waals surface area contributed by atoms with Gasteiger partial charge in [0.1, 0.15) is 12.2 Å². The van der Waals surface area contributed by atoms with E-state index in [4.69, 9.17) is 9.05 Å². The SMILES string of the molecule is C/C=C(C)/C=C/C=C(C)/C=C/C1=C(C)C(=O)C(OP(=O)(O)OC[C@H](O)[C@H]2OC(=O)C(O)=C2O)CC1(C)C. The normalized spacial score (nSPS) is 25.8. The van der Waals surface area contributed by atoms with Gasteiger partial charge >= 0.3 is 13.8 Å². The lowest BCUT2D eigenvalue weighted by atomic mass is 9.71. The number of hydrogen-bond acceptors (Lipinski definition) is 9. The standard InChI is InChI=1S/C26H35O10P/c1-7-15(2)9-8-10-16(3)11-12-18-17(4)21(28)20(13-26(18,5)6)36-37(32,33)34-14-19(27)24-22(29)23(30)25(31)35-24/h7-12,19-20,24,27,29-30H,13-14H2,1-6H3,(H,32,33)/b9-8+,12-11+,15-7+,16-10+/t19-,20?,24+/m0/s1. The van der Waals surface area contributed by atoms with Crippen LogP contribution in [0.25, 0.3) is 0 Å². The lowest BCUT2D eigenvalue weighted by Gasteiger charge is -2.36. The second kappa shape index (κ2) is 12.2. The number of phosphoric acid groups is 1. The molecule has 37 heavy (non-hydrogen) atoms. The average Bonchev–Trinajstić information content (AvgIpc) is 3.07. The van der Waals surface area contributed by atoms with Crippen molar-refractivity contribution < 1.29 is 48.2 Å². The Balaban J connectivity index is 2.10. The summed E-state index contributed by atoms with van der Waals surface area (Å²) in [6, 6.07) is 0. The molecule has 0 spiro atoms. The minimum Gasteiger partial charge on any atom is -0.505 e. The van der Waals surface area contributed by atoms with Crippen LogP contribution in [0.15, 0.2) is 70.3 Å². The molecule has 2 rings (SSSR count). The third kappa shape index (κ3) is 7.87. The first-order valence-electron chi connectivity index (χ1n) is 11.7. The first-order chi connectivity index (χ1) is 17.1. The summed E-state index contributed by atoms with van der Waals surface area (Å²) in [7, 11) is -4.84. The number of aliphatic hydroxyl groups excluding tert-OH is 3. The highest BCUT2D eigenvalue weighted by atomic mass is 31.2. The summed E-state index contributed by atoms with van der Waals surface area (Å²) in [5.41, 5.74) is 2.67. The molecule has 0 aromatic rings. The Kier molecular flexibility index (Phi) is 10.0. The zero-order chi connectivity index (χ0) is 28.1. The molecule has 1 heterocycles. The van der Waals surface area contributed by atoms with E-state index in [2.05, 4.69) is 4.74 Å². The number of allylic oxidation sites excluding steroid dienone is 9. The van der Waals surface area contributed by atoms with Crippen molar-refractivity contribution in [1.29, 1.82) is 0 Å². The quantitative estimate of drug-likeness (QED) is 0.178. The molecule has 2 aliphatic rings. The van der Waals surface area contributed by atoms with Gasteiger partial charge < -0.3 is 24.9 Å². The summed E-state index contributed by atoms with van der Waals surface area (Å²) in [6.45, 7) is 10.4. The number of carbonyl (C=O) groups excluding carboxylic acids is 2. The van der Waals surface area contributed by atoms with Crippen molar-refractivity contribution in [3.8, 4) is 0 Å². The van der Waals surface area contributed by atoms with Crippen molar-refractivity contribution in [2.24, 2.45) is 5.41 Å². The topological polar surface area (TPSA) is 160 Å². The Morgan fingerprint density at radius 1 is 1.22 bits per heavy atom. The van der Waals surface area contributed by atoms with Crippen molar-refractivity contribution in [3.05, 3.63) is 70.3 Å². The van der Waals surface area contributed by atoms with Crippen LogP contribution in [0.3, 0.4) is 0 Å². The number of phosphoric ester groups is 1. The van der Waals surface area contributed by atoms with Crippen LogP contribution in [0.2, 0.25) is 0 Å². The first kappa shape index (κ1) is 30.5. The number of rotatable bonds is 10. The van der Waals surface area contributed by atoms with E-state index < -0.39 is 61.4 Å². The largest absolute Gasteiger partial charge is 0.505 e. The van der Waals surface area contributed by atoms with E-state index in [-0.39, 0.29) is 6.42 Å². The van der Waals surface area contributed by atoms with Gasteiger partial charge in [-0.15, -0.1) is 0 Å². The molecule has 4 atom stereocenters. The molecule has 11 heteroatoms. The van der Waals surface area contributed by atoms with E-state index in [1.165, 1.54) is 0 Å². The number of carbonyl (C=O) groups is 2. The lowest BCUT2D eigenvalue weighted by Crippen LogP contribution is -2.37. The molecule has 0 amide bonds. The third-order valence-corrected chi connectivity index (χ3v) is 7.13. The maximum absolute atomic E-state index is 13.0. The molecule has 0 aromatic carbocycles. The van der Waals surface area contributed by atoms with Gasteiger partial charge in [0.25, 0.3) is 0 Å². The second-order valence-electron chi connectivity index (χ2n) is 9.61. The van der Waals surface area contributed by atoms with Crippen molar-refractivity contribution in [3.63, 3.8) is 0 Å². The number of ether oxygens (including phenoxy) is 1. The fraction of sp³-hybridized carbons (Fsp3) is 0.462. The molecule has 0 saturated heterocycles. The van der Waals surface area contributed by atoms with Gasteiger partial charge in [-0.25, -0.2) is 9.36 Å². The van der Waals surface area contributed by atoms with Gasteiger partial charge in [-0.1, -0.05) is 61.4 Å². The number of hydrogen-bond donors (Lipinski definition) is 4. The van der Waals surface area contributed by atoms with Crippen LogP contribution in [0, 0.1) is 5.41 Å². The van der Waals surface area contributed by atoms with Gasteiger partial charge in [0.05, 0.1) is 6.61 Å². The van der Waals surface area contributed by atoms with Gasteiger partial charge in [0.2, 0.25) is 5.76 Å². The lowest BCUT2D eigenvalue weighted by molar-refractivity contribution is -0.147. The van der Waals surface area contributed by atoms with E-state index in [1.54, 1.807) is 6.92 Å². The van der Waals surface area contributed by atoms with Gasteiger partial charge in [0, 0.05) is 0 Å². The van der Waals surface area contributed by atoms with E-state index in [0.29, 0.717) is 5.57 Å². The van der Waals surface area contributed by atoms with E-state index in [9.17, 15) is 34.4 Å². The van der Waals surface area contributed by atoms with Crippen molar-refractivity contribution >= 4 is 19.6 Å². The first-order valence-corrected chi connectivity index (χ1v) is 13.2. The molecule has 2 unspecified atom stereocenters. The highest BCUT2D eigenvalue weighted by Crippen LogP contribution is 2.50. The van der Waals surface area contributed by atoms with Gasteiger partial charge in [-0.2, -0.15) is 0 Å². The monoisotopic (exact) mass is 538 g/mol. The summed E-state index contributed by atoms with van der Waals surface area (Å²) in [4.78, 5) is 34.4. The van der Waals surface area contributed by atoms with Crippen LogP contribution >= 0.6 is 7.82 Å². The fourth-order valence-corrected chi connectivity index (χ4v) is 4.77. The Morgan fingerprint density at radius 3 is 2.43 bits per heavy atom. The molecular formula is C26H35O10P. The molecule has 4 N–H and O–H groups in total. The summed E-state index contributed by atoms with van der Waals surface area (Å²) >= 11 is 0. The van der Waals surface area contributed by atoms with E-state index >= 15 is 0 Å². The Morgan fingerprint density at radius 2 is 1.86 bits per heavy atom. The van der Waals surface area contributed by atoms with Crippen LogP contribution in [-0.2, 0) is 27.9 Å². The zero-order valence-electron chi connectivity index (χ0n) is 21.8. The number of esters is 1. The second-order valence-corrected chi connectivity index (χ2v) is 11.0. The van der Waals surface area contributed by atoms with Crippen LogP contribution in [0.4, 0.5) is 0 Å². The van der Waals surface area contributed by atoms with Gasteiger partial charge in [-0.05, 0) is 50.7 Å². The van der Waals surface area contributed by atoms with Crippen molar-refractivity contribution in [1.82, 2.24) is 0 Å². The molecule has 0 radical (unpaired) electrons. The average molecular weight is 539 g/mol. The predicted octanol–water partition coefficient (Wildman–Crippen LogP) is 4.44. The molecule has 10 nitrogen and oxygen atoms in total. The van der Waals surface area contributed by atoms with Crippen LogP contribution < -0.4 is 0 Å². The summed E-state index contributed by atoms with van der Waals surface area (Å²) < 4.78 is 27.0. The molecule has 0 bridgehead atoms. The predicted molar refractivity (Wildman–Crippen MR) is 136 cm³/mol. The molecule has 204 valence electrons. The van der Waals surface area contributed by atoms with Gasteiger partial charge in [-0.3, -0.25) is 13.8 Å². The molecule has 0 saturated carbocycles. The van der Waals surface area contributed by atoms with Crippen LogP contribution in [-0.4, -0.2) is 56.9 Å². The Hall–Kier alpha value is -2.75. The Labute approximate surface area is 216 Å². The molecule has 1 aliphatic carbocycles. The van der Waals surface area contributed by atoms with Gasteiger partial charge in [0.15, 0.2) is 17.6 Å². The maximum atomic E-state index is 13.0. The fourth-order valence-electron chi connectivity index (χ4n) is 3.88. The highest BCUT2D eigenvalue weighted by Gasteiger charge is 2.44. The summed E-state index contributed by atoms with van der Waals surface area (Å²) in [6.07, 6.45) is 6.99. The van der Waals surface area contributed by atoms with E-state index in [1.807, 2.05) is 71.1 Å². The zero-order valence-corrected chi connectivity index (χ0v) is 22.7. The third-order valence-electron chi connectivity index (χ3n) is 6.14. The molecule has 0 fully saturated rings. The number of Topliss-reactive ketones (excluding diaryl/α,β-unsaturated/α-hetero) is 1. The van der Waals surface area contributed by atoms with E-state index in [0.717, 1.165) is 16.7 Å². The minimum absolute atomic E-state index is 0.0973. The van der Waals surface area contributed by atoms with Crippen LogP contribution in [0.5, 0.6) is 0 Å².